The van der Waals surface area contributed by atoms with E-state index in [0.29, 0.717) is 0 Å². The van der Waals surface area contributed by atoms with Crippen molar-refractivity contribution in [2.24, 2.45) is 5.92 Å². The third kappa shape index (κ3) is 6.63. The fourth-order valence-corrected chi connectivity index (χ4v) is 2.29. The third-order valence-electron chi connectivity index (χ3n) is 3.30. The molecule has 0 radical (unpaired) electrons. The lowest BCUT2D eigenvalue weighted by atomic mass is 10.1. The van der Waals surface area contributed by atoms with Gasteiger partial charge in [-0.1, -0.05) is 19.9 Å². The molecule has 108 valence electrons. The van der Waals surface area contributed by atoms with Gasteiger partial charge in [-0.25, -0.2) is 0 Å². The van der Waals surface area contributed by atoms with Gasteiger partial charge < -0.3 is 10.2 Å². The van der Waals surface area contributed by atoms with Gasteiger partial charge in [0.1, 0.15) is 0 Å². The van der Waals surface area contributed by atoms with Gasteiger partial charge in [0, 0.05) is 19.3 Å². The van der Waals surface area contributed by atoms with Crippen LogP contribution in [-0.2, 0) is 0 Å². The highest BCUT2D eigenvalue weighted by Gasteiger charge is 2.02. The predicted molar refractivity (Wildman–Crippen MR) is 86.1 cm³/mol. The van der Waals surface area contributed by atoms with Gasteiger partial charge >= 0.3 is 0 Å². The molecule has 0 saturated carbocycles. The topological polar surface area (TPSA) is 15.3 Å². The van der Waals surface area contributed by atoms with Crippen LogP contribution in [0, 0.1) is 19.8 Å². The lowest BCUT2D eigenvalue weighted by Gasteiger charge is -2.20. The Morgan fingerprint density at radius 2 is 1.68 bits per heavy atom. The van der Waals surface area contributed by atoms with Crippen molar-refractivity contribution in [2.45, 2.75) is 40.5 Å². The molecule has 0 fully saturated rings. The summed E-state index contributed by atoms with van der Waals surface area (Å²) in [6, 6.07) is 6.77. The zero-order valence-corrected chi connectivity index (χ0v) is 13.3. The highest BCUT2D eigenvalue weighted by molar-refractivity contribution is 5.50. The van der Waals surface area contributed by atoms with Gasteiger partial charge in [0.05, 0.1) is 0 Å². The van der Waals surface area contributed by atoms with Gasteiger partial charge in [-0.2, -0.15) is 0 Å². The molecule has 0 unspecified atom stereocenters. The number of rotatable bonds is 8. The summed E-state index contributed by atoms with van der Waals surface area (Å²) in [5, 5.41) is 3.50. The molecule has 0 spiro atoms. The summed E-state index contributed by atoms with van der Waals surface area (Å²) in [7, 11) is 2.19. The van der Waals surface area contributed by atoms with Crippen LogP contribution in [-0.4, -0.2) is 26.7 Å². The summed E-state index contributed by atoms with van der Waals surface area (Å²) in [5.74, 6) is 0.748. The van der Waals surface area contributed by atoms with Crippen LogP contribution in [0.5, 0.6) is 0 Å². The summed E-state index contributed by atoms with van der Waals surface area (Å²) >= 11 is 0. The Hall–Kier alpha value is -1.02. The zero-order valence-electron chi connectivity index (χ0n) is 13.3. The number of anilines is 1. The first-order valence-electron chi connectivity index (χ1n) is 7.49. The number of nitrogens with zero attached hydrogens (tertiary/aromatic N) is 1. The Balaban J connectivity index is 2.25. The van der Waals surface area contributed by atoms with Gasteiger partial charge in [-0.15, -0.1) is 0 Å². The Labute approximate surface area is 119 Å². The van der Waals surface area contributed by atoms with Crippen LogP contribution in [0.25, 0.3) is 0 Å². The number of hydrogen-bond donors (Lipinski definition) is 1. The van der Waals surface area contributed by atoms with E-state index in [2.05, 4.69) is 63.2 Å². The van der Waals surface area contributed by atoms with Gasteiger partial charge in [-0.05, 0) is 69.0 Å². The Morgan fingerprint density at radius 3 is 2.26 bits per heavy atom. The van der Waals surface area contributed by atoms with Crippen LogP contribution in [0.4, 0.5) is 5.69 Å². The minimum absolute atomic E-state index is 0.748. The maximum absolute atomic E-state index is 3.50. The molecule has 0 aliphatic rings. The van der Waals surface area contributed by atoms with Gasteiger partial charge in [0.25, 0.3) is 0 Å². The van der Waals surface area contributed by atoms with Crippen molar-refractivity contribution < 1.29 is 0 Å². The van der Waals surface area contributed by atoms with E-state index in [1.807, 2.05) is 0 Å². The van der Waals surface area contributed by atoms with E-state index >= 15 is 0 Å². The van der Waals surface area contributed by atoms with E-state index < -0.39 is 0 Å². The molecular weight excluding hydrogens is 232 g/mol. The van der Waals surface area contributed by atoms with Gasteiger partial charge in [0.2, 0.25) is 0 Å². The van der Waals surface area contributed by atoms with Crippen molar-refractivity contribution in [1.29, 1.82) is 0 Å². The quantitative estimate of drug-likeness (QED) is 0.718. The van der Waals surface area contributed by atoms with Crippen molar-refractivity contribution in [1.82, 2.24) is 5.32 Å². The number of benzene rings is 1. The Kier molecular flexibility index (Phi) is 6.93. The van der Waals surface area contributed by atoms with E-state index in [0.717, 1.165) is 25.6 Å². The first kappa shape index (κ1) is 16.0. The minimum Gasteiger partial charge on any atom is -0.375 e. The molecule has 2 nitrogen and oxygen atoms in total. The van der Waals surface area contributed by atoms with Crippen LogP contribution in [0.2, 0.25) is 0 Å². The fraction of sp³-hybridized carbons (Fsp3) is 0.647. The molecule has 1 N–H and O–H groups in total. The van der Waals surface area contributed by atoms with Crippen molar-refractivity contribution in [3.63, 3.8) is 0 Å². The molecule has 0 atom stereocenters. The van der Waals surface area contributed by atoms with Crippen LogP contribution >= 0.6 is 0 Å². The summed E-state index contributed by atoms with van der Waals surface area (Å²) < 4.78 is 0. The van der Waals surface area contributed by atoms with E-state index in [1.54, 1.807) is 0 Å². The smallest absolute Gasteiger partial charge is 0.0368 e. The molecule has 1 rings (SSSR count). The molecular formula is C17H30N2. The maximum atomic E-state index is 3.50. The zero-order chi connectivity index (χ0) is 14.3. The van der Waals surface area contributed by atoms with Crippen molar-refractivity contribution in [3.05, 3.63) is 29.3 Å². The first-order valence-corrected chi connectivity index (χ1v) is 7.49. The number of hydrogen-bond acceptors (Lipinski definition) is 2. The molecule has 0 aliphatic carbocycles. The monoisotopic (exact) mass is 262 g/mol. The maximum Gasteiger partial charge on any atom is 0.0368 e. The highest BCUT2D eigenvalue weighted by Crippen LogP contribution is 2.17. The summed E-state index contributed by atoms with van der Waals surface area (Å²) in [6.07, 6.45) is 2.50. The summed E-state index contributed by atoms with van der Waals surface area (Å²) in [4.78, 5) is 2.36. The standard InChI is InChI=1S/C17H30N2/c1-14(2)13-18-8-6-7-9-19(5)17-11-15(3)10-16(4)12-17/h10-12,14,18H,6-9,13H2,1-5H3. The van der Waals surface area contributed by atoms with Crippen molar-refractivity contribution in [2.75, 3.05) is 31.6 Å². The first-order chi connectivity index (χ1) is 8.99. The minimum atomic E-state index is 0.748. The van der Waals surface area contributed by atoms with E-state index in [1.165, 1.54) is 29.7 Å². The van der Waals surface area contributed by atoms with Gasteiger partial charge in [0.15, 0.2) is 0 Å². The van der Waals surface area contributed by atoms with Crippen LogP contribution < -0.4 is 10.2 Å². The molecule has 1 aromatic carbocycles. The summed E-state index contributed by atoms with van der Waals surface area (Å²) in [5.41, 5.74) is 4.04. The SMILES string of the molecule is Cc1cc(C)cc(N(C)CCCCNCC(C)C)c1. The highest BCUT2D eigenvalue weighted by atomic mass is 15.1. The number of aryl methyl sites for hydroxylation is 2. The Bertz CT molecular complexity index is 351. The second-order valence-corrected chi connectivity index (χ2v) is 6.07. The molecule has 0 amide bonds. The molecule has 0 aliphatic heterocycles. The van der Waals surface area contributed by atoms with E-state index in [4.69, 9.17) is 0 Å². The average molecular weight is 262 g/mol. The van der Waals surface area contributed by atoms with Crippen LogP contribution in [0.15, 0.2) is 18.2 Å². The normalized spacial score (nSPS) is 11.1. The molecule has 0 saturated heterocycles. The molecule has 0 bridgehead atoms. The fourth-order valence-electron chi connectivity index (χ4n) is 2.29. The third-order valence-corrected chi connectivity index (χ3v) is 3.30. The second-order valence-electron chi connectivity index (χ2n) is 6.07. The molecule has 19 heavy (non-hydrogen) atoms. The number of nitrogens with one attached hydrogen (secondary N) is 1. The Morgan fingerprint density at radius 1 is 1.05 bits per heavy atom. The lowest BCUT2D eigenvalue weighted by Crippen LogP contribution is -2.23. The van der Waals surface area contributed by atoms with Crippen molar-refractivity contribution >= 4 is 5.69 Å². The number of unbranched alkanes of at least 4 members (excludes halogenated alkanes) is 1. The molecule has 2 heteroatoms. The second kappa shape index (κ2) is 8.21. The molecule has 0 aromatic heterocycles. The van der Waals surface area contributed by atoms with Crippen molar-refractivity contribution in [3.8, 4) is 0 Å². The predicted octanol–water partition coefficient (Wildman–Crippen LogP) is 3.77. The van der Waals surface area contributed by atoms with E-state index in [-0.39, 0.29) is 0 Å². The van der Waals surface area contributed by atoms with Gasteiger partial charge in [-0.3, -0.25) is 0 Å². The average Bonchev–Trinajstić information content (AvgIpc) is 2.31. The lowest BCUT2D eigenvalue weighted by molar-refractivity contribution is 0.535. The van der Waals surface area contributed by atoms with Crippen LogP contribution in [0.1, 0.15) is 37.8 Å². The summed E-state index contributed by atoms with van der Waals surface area (Å²) in [6.45, 7) is 12.2. The molecule has 0 heterocycles. The largest absolute Gasteiger partial charge is 0.375 e. The molecule has 1 aromatic rings. The van der Waals surface area contributed by atoms with Crippen LogP contribution in [0.3, 0.4) is 0 Å². The van der Waals surface area contributed by atoms with E-state index in [9.17, 15) is 0 Å².